The molecule has 0 aliphatic carbocycles. The van der Waals surface area contributed by atoms with Gasteiger partial charge in [-0.2, -0.15) is 0 Å². The van der Waals surface area contributed by atoms with E-state index in [0.29, 0.717) is 42.6 Å². The van der Waals surface area contributed by atoms with Crippen LogP contribution in [0.3, 0.4) is 0 Å². The Balaban J connectivity index is 1.67. The van der Waals surface area contributed by atoms with Crippen LogP contribution in [0.1, 0.15) is 29.9 Å². The summed E-state index contributed by atoms with van der Waals surface area (Å²) in [6.45, 7) is 5.26. The molecule has 31 heavy (non-hydrogen) atoms. The van der Waals surface area contributed by atoms with Gasteiger partial charge < -0.3 is 19.4 Å². The maximum Gasteiger partial charge on any atom is 0.272 e. The van der Waals surface area contributed by atoms with Gasteiger partial charge in [-0.15, -0.1) is 11.3 Å². The van der Waals surface area contributed by atoms with E-state index in [1.807, 2.05) is 42.0 Å². The number of hydrogen-bond acceptors (Lipinski definition) is 4. The molecule has 5 nitrogen and oxygen atoms in total. The number of nitrogens with one attached hydrogen (secondary N) is 1. The number of amides is 1. The number of ether oxygens (including phenoxy) is 2. The Kier molecular flexibility index (Phi) is 6.23. The van der Waals surface area contributed by atoms with Crippen LogP contribution in [0.25, 0.3) is 10.2 Å². The van der Waals surface area contributed by atoms with Crippen molar-refractivity contribution in [2.24, 2.45) is 0 Å². The number of anilines is 1. The Bertz CT molecular complexity index is 1200. The number of thiophene rings is 1. The van der Waals surface area contributed by atoms with Gasteiger partial charge in [0.25, 0.3) is 5.91 Å². The Labute approximate surface area is 184 Å². The normalized spacial score (nSPS) is 10.9. The van der Waals surface area contributed by atoms with Gasteiger partial charge in [0.2, 0.25) is 0 Å². The van der Waals surface area contributed by atoms with Crippen molar-refractivity contribution in [3.8, 4) is 11.5 Å². The summed E-state index contributed by atoms with van der Waals surface area (Å²) in [5, 5.41) is 4.97. The first kappa shape index (κ1) is 20.9. The second-order valence-corrected chi connectivity index (χ2v) is 7.84. The summed E-state index contributed by atoms with van der Waals surface area (Å²) < 4.78 is 27.5. The Morgan fingerprint density at radius 1 is 1.03 bits per heavy atom. The molecule has 0 aliphatic heterocycles. The first-order chi connectivity index (χ1) is 15.1. The zero-order valence-electron chi connectivity index (χ0n) is 17.4. The zero-order valence-corrected chi connectivity index (χ0v) is 18.2. The van der Waals surface area contributed by atoms with Crippen molar-refractivity contribution < 1.29 is 18.7 Å². The van der Waals surface area contributed by atoms with Crippen molar-refractivity contribution in [1.82, 2.24) is 4.57 Å². The smallest absolute Gasteiger partial charge is 0.272 e. The Morgan fingerprint density at radius 3 is 2.55 bits per heavy atom. The van der Waals surface area contributed by atoms with Crippen LogP contribution < -0.4 is 14.8 Å². The molecule has 0 unspecified atom stereocenters. The van der Waals surface area contributed by atoms with Gasteiger partial charge in [-0.25, -0.2) is 4.39 Å². The van der Waals surface area contributed by atoms with Crippen LogP contribution in [0.5, 0.6) is 11.5 Å². The summed E-state index contributed by atoms with van der Waals surface area (Å²) in [6.07, 6.45) is 0. The summed E-state index contributed by atoms with van der Waals surface area (Å²) in [6, 6.07) is 15.6. The molecule has 0 saturated carbocycles. The molecule has 1 N–H and O–H groups in total. The van der Waals surface area contributed by atoms with E-state index >= 15 is 0 Å². The molecule has 0 fully saturated rings. The molecule has 0 bridgehead atoms. The van der Waals surface area contributed by atoms with Crippen molar-refractivity contribution in [3.63, 3.8) is 0 Å². The fourth-order valence-electron chi connectivity index (χ4n) is 3.44. The minimum absolute atomic E-state index is 0.250. The monoisotopic (exact) mass is 438 g/mol. The second-order valence-electron chi connectivity index (χ2n) is 6.89. The Morgan fingerprint density at radius 2 is 1.81 bits per heavy atom. The number of rotatable bonds is 8. The highest BCUT2D eigenvalue weighted by Gasteiger charge is 2.19. The van der Waals surface area contributed by atoms with Gasteiger partial charge in [-0.3, -0.25) is 4.79 Å². The van der Waals surface area contributed by atoms with Crippen LogP contribution in [0, 0.1) is 5.82 Å². The molecule has 2 aromatic heterocycles. The van der Waals surface area contributed by atoms with Gasteiger partial charge >= 0.3 is 0 Å². The van der Waals surface area contributed by atoms with Crippen LogP contribution in [-0.2, 0) is 6.54 Å². The number of nitrogens with zero attached hydrogens (tertiary/aromatic N) is 1. The number of halogens is 1. The summed E-state index contributed by atoms with van der Waals surface area (Å²) in [7, 11) is 0. The number of carbonyl (C=O) groups is 1. The lowest BCUT2D eigenvalue weighted by Gasteiger charge is -2.15. The molecule has 0 aliphatic rings. The minimum Gasteiger partial charge on any atom is -0.494 e. The SMILES string of the molecule is CCOc1ccc(OCC)c(NC(=O)c2cc3sccc3n2Cc2ccc(F)cc2)c1. The van der Waals surface area contributed by atoms with Crippen molar-refractivity contribution in [2.75, 3.05) is 18.5 Å². The molecule has 0 radical (unpaired) electrons. The molecule has 2 aromatic carbocycles. The summed E-state index contributed by atoms with van der Waals surface area (Å²) >= 11 is 1.57. The quantitative estimate of drug-likeness (QED) is 0.370. The fraction of sp³-hybridized carbons (Fsp3) is 0.208. The van der Waals surface area contributed by atoms with Gasteiger partial charge in [0, 0.05) is 12.6 Å². The minimum atomic E-state index is -0.285. The van der Waals surface area contributed by atoms with E-state index in [0.717, 1.165) is 15.8 Å². The highest BCUT2D eigenvalue weighted by Crippen LogP contribution is 2.31. The number of benzene rings is 2. The van der Waals surface area contributed by atoms with Gasteiger partial charge in [-0.05, 0) is 61.2 Å². The van der Waals surface area contributed by atoms with E-state index in [9.17, 15) is 9.18 Å². The lowest BCUT2D eigenvalue weighted by molar-refractivity contribution is 0.101. The molecule has 160 valence electrons. The second kappa shape index (κ2) is 9.22. The van der Waals surface area contributed by atoms with Gasteiger partial charge in [0.15, 0.2) is 0 Å². The molecule has 0 spiro atoms. The summed E-state index contributed by atoms with van der Waals surface area (Å²) in [4.78, 5) is 13.3. The summed E-state index contributed by atoms with van der Waals surface area (Å²) in [5.41, 5.74) is 2.95. The summed E-state index contributed by atoms with van der Waals surface area (Å²) in [5.74, 6) is 0.703. The van der Waals surface area contributed by atoms with E-state index in [4.69, 9.17) is 9.47 Å². The largest absolute Gasteiger partial charge is 0.494 e. The Hall–Kier alpha value is -3.32. The fourth-order valence-corrected chi connectivity index (χ4v) is 4.26. The molecule has 4 aromatic rings. The van der Waals surface area contributed by atoms with E-state index in [1.54, 1.807) is 35.6 Å². The first-order valence-corrected chi connectivity index (χ1v) is 11.0. The molecule has 0 saturated heterocycles. The van der Waals surface area contributed by atoms with E-state index < -0.39 is 0 Å². The zero-order chi connectivity index (χ0) is 21.8. The average molecular weight is 439 g/mol. The van der Waals surface area contributed by atoms with Crippen LogP contribution in [-0.4, -0.2) is 23.7 Å². The van der Waals surface area contributed by atoms with Crippen molar-refractivity contribution >= 4 is 33.1 Å². The third kappa shape index (κ3) is 4.56. The van der Waals surface area contributed by atoms with Gasteiger partial charge in [-0.1, -0.05) is 12.1 Å². The molecular formula is C24H23FN2O3S. The molecule has 2 heterocycles. The van der Waals surface area contributed by atoms with Crippen molar-refractivity contribution in [3.05, 3.63) is 77.1 Å². The van der Waals surface area contributed by atoms with Crippen molar-refractivity contribution in [1.29, 1.82) is 0 Å². The number of aromatic nitrogens is 1. The lowest BCUT2D eigenvalue weighted by Crippen LogP contribution is -2.18. The number of carbonyl (C=O) groups excluding carboxylic acids is 1. The van der Waals surface area contributed by atoms with Crippen LogP contribution in [0.15, 0.2) is 60.0 Å². The topological polar surface area (TPSA) is 52.5 Å². The standard InChI is InChI=1S/C24H23FN2O3S/c1-3-29-18-9-10-22(30-4-2)19(13-18)26-24(28)21-14-23-20(11-12-31-23)27(21)15-16-5-7-17(25)8-6-16/h5-14H,3-4,15H2,1-2H3,(H,26,28). The first-order valence-electron chi connectivity index (χ1n) is 10.1. The lowest BCUT2D eigenvalue weighted by atomic mass is 10.2. The molecule has 7 heteroatoms. The molecule has 1 amide bonds. The highest BCUT2D eigenvalue weighted by molar-refractivity contribution is 7.17. The van der Waals surface area contributed by atoms with Gasteiger partial charge in [0.1, 0.15) is 23.0 Å². The van der Waals surface area contributed by atoms with Crippen molar-refractivity contribution in [2.45, 2.75) is 20.4 Å². The molecule has 0 atom stereocenters. The number of hydrogen-bond donors (Lipinski definition) is 1. The maximum absolute atomic E-state index is 13.3. The van der Waals surface area contributed by atoms with Gasteiger partial charge in [0.05, 0.1) is 29.1 Å². The van der Waals surface area contributed by atoms with E-state index in [-0.39, 0.29) is 11.7 Å². The number of fused-ring (bicyclic) bond motifs is 1. The predicted molar refractivity (Wildman–Crippen MR) is 122 cm³/mol. The molecule has 4 rings (SSSR count). The van der Waals surface area contributed by atoms with Crippen LogP contribution in [0.2, 0.25) is 0 Å². The third-order valence-corrected chi connectivity index (χ3v) is 5.67. The highest BCUT2D eigenvalue weighted by atomic mass is 32.1. The maximum atomic E-state index is 13.3. The van der Waals surface area contributed by atoms with Crippen LogP contribution >= 0.6 is 11.3 Å². The predicted octanol–water partition coefficient (Wildman–Crippen LogP) is 5.94. The van der Waals surface area contributed by atoms with E-state index in [2.05, 4.69) is 5.32 Å². The third-order valence-electron chi connectivity index (χ3n) is 4.82. The molecular weight excluding hydrogens is 415 g/mol. The van der Waals surface area contributed by atoms with E-state index in [1.165, 1.54) is 12.1 Å². The average Bonchev–Trinajstić information content (AvgIpc) is 3.34. The van der Waals surface area contributed by atoms with Crippen LogP contribution in [0.4, 0.5) is 10.1 Å².